The Balaban J connectivity index is 1.50. The van der Waals surface area contributed by atoms with Crippen molar-refractivity contribution < 1.29 is 4.39 Å². The molecule has 4 aromatic rings. The number of nitrogens with one attached hydrogen (secondary N) is 1. The topological polar surface area (TPSA) is 37.8 Å². The molecule has 0 aliphatic rings. The van der Waals surface area contributed by atoms with E-state index in [1.807, 2.05) is 6.07 Å². The van der Waals surface area contributed by atoms with Crippen LogP contribution in [-0.4, -0.2) is 16.5 Å². The molecule has 4 rings (SSSR count). The van der Waals surface area contributed by atoms with E-state index < -0.39 is 0 Å². The number of nitrogens with zero attached hydrogens (tertiary/aromatic N) is 2. The Kier molecular flexibility index (Phi) is 5.63. The van der Waals surface area contributed by atoms with Crippen molar-refractivity contribution in [3.8, 4) is 0 Å². The van der Waals surface area contributed by atoms with Crippen LogP contribution in [0.2, 0.25) is 0 Å². The van der Waals surface area contributed by atoms with Crippen LogP contribution in [0.3, 0.4) is 0 Å². The maximum Gasteiger partial charge on any atom is 0.138 e. The van der Waals surface area contributed by atoms with Crippen LogP contribution < -0.4 is 5.32 Å². The molecule has 3 nitrogen and oxygen atoms in total. The van der Waals surface area contributed by atoms with Crippen LogP contribution >= 0.6 is 11.3 Å². The first-order valence-corrected chi connectivity index (χ1v) is 10.3. The van der Waals surface area contributed by atoms with E-state index in [0.29, 0.717) is 6.42 Å². The van der Waals surface area contributed by atoms with E-state index in [1.165, 1.54) is 22.6 Å². The predicted molar refractivity (Wildman–Crippen MR) is 115 cm³/mol. The van der Waals surface area contributed by atoms with Gasteiger partial charge in [0, 0.05) is 17.8 Å². The summed E-state index contributed by atoms with van der Waals surface area (Å²) in [6.07, 6.45) is 2.66. The van der Waals surface area contributed by atoms with Crippen molar-refractivity contribution in [2.75, 3.05) is 11.9 Å². The highest BCUT2D eigenvalue weighted by Gasteiger charge is 2.11. The molecule has 142 valence electrons. The van der Waals surface area contributed by atoms with Crippen molar-refractivity contribution in [3.05, 3.63) is 88.3 Å². The molecule has 0 fully saturated rings. The SMILES string of the molecule is Cc1cc2c(NCCCc3ccccc3)nc(Cc3ccc(F)cc3)nc2s1. The standard InChI is InChI=1S/C23H22FN3S/c1-16-14-20-22(25-13-5-8-17-6-3-2-4-7-17)26-21(27-23(20)28-16)15-18-9-11-19(24)12-10-18/h2-4,6-7,9-12,14H,5,8,13,15H2,1H3,(H,25,26,27). The Morgan fingerprint density at radius 1 is 0.964 bits per heavy atom. The van der Waals surface area contributed by atoms with Gasteiger partial charge in [0.05, 0.1) is 5.39 Å². The van der Waals surface area contributed by atoms with Gasteiger partial charge in [0.2, 0.25) is 0 Å². The molecule has 2 heterocycles. The maximum absolute atomic E-state index is 13.2. The first-order chi connectivity index (χ1) is 13.7. The molecule has 2 aromatic carbocycles. The predicted octanol–water partition coefficient (Wildman–Crippen LogP) is 5.77. The van der Waals surface area contributed by atoms with Gasteiger partial charge in [0.25, 0.3) is 0 Å². The smallest absolute Gasteiger partial charge is 0.138 e. The van der Waals surface area contributed by atoms with Gasteiger partial charge in [-0.1, -0.05) is 42.5 Å². The van der Waals surface area contributed by atoms with Gasteiger partial charge in [-0.3, -0.25) is 0 Å². The first-order valence-electron chi connectivity index (χ1n) is 9.47. The van der Waals surface area contributed by atoms with Gasteiger partial charge in [-0.05, 0) is 49.1 Å². The largest absolute Gasteiger partial charge is 0.369 e. The molecule has 2 aromatic heterocycles. The molecular weight excluding hydrogens is 369 g/mol. The monoisotopic (exact) mass is 391 g/mol. The molecule has 0 bridgehead atoms. The van der Waals surface area contributed by atoms with Gasteiger partial charge in [0.1, 0.15) is 22.3 Å². The van der Waals surface area contributed by atoms with Gasteiger partial charge >= 0.3 is 0 Å². The third-order valence-electron chi connectivity index (χ3n) is 4.62. The van der Waals surface area contributed by atoms with Crippen molar-refractivity contribution in [1.29, 1.82) is 0 Å². The average Bonchev–Trinajstić information content (AvgIpc) is 3.08. The molecule has 0 atom stereocenters. The van der Waals surface area contributed by atoms with Gasteiger partial charge in [-0.15, -0.1) is 11.3 Å². The fourth-order valence-electron chi connectivity index (χ4n) is 3.23. The number of aryl methyl sites for hydroxylation is 2. The van der Waals surface area contributed by atoms with Crippen LogP contribution in [-0.2, 0) is 12.8 Å². The van der Waals surface area contributed by atoms with E-state index in [2.05, 4.69) is 42.6 Å². The molecular formula is C23H22FN3S. The fraction of sp³-hybridized carbons (Fsp3) is 0.217. The summed E-state index contributed by atoms with van der Waals surface area (Å²) in [5.41, 5.74) is 2.35. The zero-order chi connectivity index (χ0) is 19.3. The summed E-state index contributed by atoms with van der Waals surface area (Å²) in [6, 6.07) is 19.2. The molecule has 0 saturated carbocycles. The highest BCUT2D eigenvalue weighted by molar-refractivity contribution is 7.18. The zero-order valence-electron chi connectivity index (χ0n) is 15.8. The number of thiophene rings is 1. The molecule has 0 aliphatic heterocycles. The van der Waals surface area contributed by atoms with E-state index in [1.54, 1.807) is 23.5 Å². The zero-order valence-corrected chi connectivity index (χ0v) is 16.6. The van der Waals surface area contributed by atoms with Crippen LogP contribution in [0.5, 0.6) is 0 Å². The number of aromatic nitrogens is 2. The number of halogens is 1. The molecule has 0 saturated heterocycles. The highest BCUT2D eigenvalue weighted by atomic mass is 32.1. The minimum Gasteiger partial charge on any atom is -0.369 e. The fourth-order valence-corrected chi connectivity index (χ4v) is 4.13. The lowest BCUT2D eigenvalue weighted by Gasteiger charge is -2.09. The normalized spacial score (nSPS) is 11.1. The summed E-state index contributed by atoms with van der Waals surface area (Å²) in [5, 5.41) is 4.58. The lowest BCUT2D eigenvalue weighted by Crippen LogP contribution is -2.07. The molecule has 0 radical (unpaired) electrons. The first kappa shape index (κ1) is 18.6. The number of rotatable bonds is 7. The maximum atomic E-state index is 13.2. The summed E-state index contributed by atoms with van der Waals surface area (Å²) in [7, 11) is 0. The van der Waals surface area contributed by atoms with Crippen molar-refractivity contribution in [1.82, 2.24) is 9.97 Å². The molecule has 0 amide bonds. The van der Waals surface area contributed by atoms with E-state index >= 15 is 0 Å². The van der Waals surface area contributed by atoms with Crippen LogP contribution in [0, 0.1) is 12.7 Å². The third kappa shape index (κ3) is 4.54. The minimum atomic E-state index is -0.227. The molecule has 5 heteroatoms. The van der Waals surface area contributed by atoms with Crippen LogP contribution in [0.15, 0.2) is 60.7 Å². The Morgan fingerprint density at radius 3 is 2.54 bits per heavy atom. The molecule has 0 spiro atoms. The van der Waals surface area contributed by atoms with Crippen LogP contribution in [0.25, 0.3) is 10.2 Å². The quantitative estimate of drug-likeness (QED) is 0.406. The van der Waals surface area contributed by atoms with Crippen LogP contribution in [0.1, 0.15) is 28.2 Å². The Hall–Kier alpha value is -2.79. The number of benzene rings is 2. The highest BCUT2D eigenvalue weighted by Crippen LogP contribution is 2.29. The second-order valence-electron chi connectivity index (χ2n) is 6.88. The summed E-state index contributed by atoms with van der Waals surface area (Å²) < 4.78 is 13.2. The van der Waals surface area contributed by atoms with Crippen molar-refractivity contribution in [3.63, 3.8) is 0 Å². The lowest BCUT2D eigenvalue weighted by atomic mass is 10.1. The number of fused-ring (bicyclic) bond motifs is 1. The Labute approximate surface area is 168 Å². The molecule has 1 N–H and O–H groups in total. The van der Waals surface area contributed by atoms with E-state index in [-0.39, 0.29) is 5.82 Å². The molecule has 0 aliphatic carbocycles. The van der Waals surface area contributed by atoms with Crippen molar-refractivity contribution in [2.24, 2.45) is 0 Å². The summed E-state index contributed by atoms with van der Waals surface area (Å²) in [4.78, 5) is 11.7. The van der Waals surface area contributed by atoms with E-state index in [9.17, 15) is 4.39 Å². The third-order valence-corrected chi connectivity index (χ3v) is 5.56. The van der Waals surface area contributed by atoms with Gasteiger partial charge in [0.15, 0.2) is 0 Å². The summed E-state index contributed by atoms with van der Waals surface area (Å²) in [5.74, 6) is 1.42. The molecule has 28 heavy (non-hydrogen) atoms. The van der Waals surface area contributed by atoms with E-state index in [0.717, 1.165) is 46.8 Å². The molecule has 0 unspecified atom stereocenters. The minimum absolute atomic E-state index is 0.227. The van der Waals surface area contributed by atoms with Gasteiger partial charge < -0.3 is 5.32 Å². The second-order valence-corrected chi connectivity index (χ2v) is 8.12. The summed E-state index contributed by atoms with van der Waals surface area (Å²) in [6.45, 7) is 2.94. The van der Waals surface area contributed by atoms with Crippen LogP contribution in [0.4, 0.5) is 10.2 Å². The van der Waals surface area contributed by atoms with Crippen molar-refractivity contribution in [2.45, 2.75) is 26.2 Å². The van der Waals surface area contributed by atoms with Gasteiger partial charge in [-0.25, -0.2) is 14.4 Å². The Morgan fingerprint density at radius 2 is 1.75 bits per heavy atom. The van der Waals surface area contributed by atoms with Crippen molar-refractivity contribution >= 4 is 27.4 Å². The number of hydrogen-bond donors (Lipinski definition) is 1. The second kappa shape index (κ2) is 8.48. The number of anilines is 1. The number of hydrogen-bond acceptors (Lipinski definition) is 4. The van der Waals surface area contributed by atoms with Gasteiger partial charge in [-0.2, -0.15) is 0 Å². The summed E-state index contributed by atoms with van der Waals surface area (Å²) >= 11 is 1.68. The Bertz CT molecular complexity index is 1060. The lowest BCUT2D eigenvalue weighted by molar-refractivity contribution is 0.627. The van der Waals surface area contributed by atoms with E-state index in [4.69, 9.17) is 9.97 Å². The average molecular weight is 392 g/mol.